The largest absolute Gasteiger partial charge is 0.460 e. The van der Waals surface area contributed by atoms with Crippen LogP contribution in [0.15, 0.2) is 0 Å². The molecular formula is C14H26N2O3. The maximum Gasteiger partial charge on any atom is 0.308 e. The van der Waals surface area contributed by atoms with E-state index in [9.17, 15) is 9.59 Å². The normalized spacial score (nSPS) is 23.8. The van der Waals surface area contributed by atoms with E-state index in [1.54, 1.807) is 0 Å². The summed E-state index contributed by atoms with van der Waals surface area (Å²) in [6.07, 6.45) is 3.86. The van der Waals surface area contributed by atoms with E-state index < -0.39 is 5.60 Å². The summed E-state index contributed by atoms with van der Waals surface area (Å²) in [5.74, 6) is -0.269. The molecule has 0 aromatic heterocycles. The molecule has 0 heterocycles. The Bertz CT molecular complexity index is 323. The van der Waals surface area contributed by atoms with E-state index in [4.69, 9.17) is 10.5 Å². The maximum absolute atomic E-state index is 11.9. The van der Waals surface area contributed by atoms with E-state index in [1.165, 1.54) is 0 Å². The first-order chi connectivity index (χ1) is 8.78. The van der Waals surface area contributed by atoms with Crippen molar-refractivity contribution in [1.29, 1.82) is 0 Å². The Morgan fingerprint density at radius 3 is 2.58 bits per heavy atom. The van der Waals surface area contributed by atoms with Crippen molar-refractivity contribution in [3.63, 3.8) is 0 Å². The quantitative estimate of drug-likeness (QED) is 0.756. The third kappa shape index (κ3) is 6.57. The Labute approximate surface area is 115 Å². The minimum Gasteiger partial charge on any atom is -0.460 e. The molecule has 19 heavy (non-hydrogen) atoms. The van der Waals surface area contributed by atoms with Gasteiger partial charge in [-0.15, -0.1) is 0 Å². The molecule has 0 spiro atoms. The van der Waals surface area contributed by atoms with Crippen molar-refractivity contribution in [2.45, 2.75) is 64.5 Å². The molecule has 1 saturated carbocycles. The third-order valence-electron chi connectivity index (χ3n) is 3.13. The second-order valence-corrected chi connectivity index (χ2v) is 6.25. The Balaban J connectivity index is 2.21. The van der Waals surface area contributed by atoms with Crippen LogP contribution in [0, 0.1) is 5.92 Å². The number of rotatable bonds is 4. The molecule has 5 nitrogen and oxygen atoms in total. The molecule has 2 atom stereocenters. The van der Waals surface area contributed by atoms with Gasteiger partial charge in [0.15, 0.2) is 0 Å². The van der Waals surface area contributed by atoms with Gasteiger partial charge in [-0.1, -0.05) is 6.42 Å². The predicted molar refractivity (Wildman–Crippen MR) is 73.4 cm³/mol. The highest BCUT2D eigenvalue weighted by molar-refractivity contribution is 5.79. The summed E-state index contributed by atoms with van der Waals surface area (Å²) in [6, 6.07) is 0.135. The second-order valence-electron chi connectivity index (χ2n) is 6.25. The van der Waals surface area contributed by atoms with Gasteiger partial charge in [-0.25, -0.2) is 0 Å². The molecule has 0 saturated heterocycles. The average molecular weight is 270 g/mol. The van der Waals surface area contributed by atoms with Crippen LogP contribution in [-0.2, 0) is 14.3 Å². The number of nitrogens with two attached hydrogens (primary N) is 1. The van der Waals surface area contributed by atoms with Crippen LogP contribution < -0.4 is 11.1 Å². The van der Waals surface area contributed by atoms with Crippen LogP contribution >= 0.6 is 0 Å². The first kappa shape index (κ1) is 16.0. The third-order valence-corrected chi connectivity index (χ3v) is 3.13. The van der Waals surface area contributed by atoms with E-state index in [-0.39, 0.29) is 30.3 Å². The van der Waals surface area contributed by atoms with Gasteiger partial charge in [0.05, 0.1) is 6.42 Å². The average Bonchev–Trinajstić information content (AvgIpc) is 2.26. The number of hydrogen-bond donors (Lipinski definition) is 2. The van der Waals surface area contributed by atoms with Crippen molar-refractivity contribution in [3.8, 4) is 0 Å². The minimum absolute atomic E-state index is 0.00221. The van der Waals surface area contributed by atoms with E-state index in [2.05, 4.69) is 5.32 Å². The number of amides is 1. The summed E-state index contributed by atoms with van der Waals surface area (Å²) in [6.45, 7) is 5.81. The van der Waals surface area contributed by atoms with Gasteiger partial charge in [-0.3, -0.25) is 9.59 Å². The van der Waals surface area contributed by atoms with Gasteiger partial charge >= 0.3 is 5.97 Å². The van der Waals surface area contributed by atoms with Crippen LogP contribution in [0.3, 0.4) is 0 Å². The van der Waals surface area contributed by atoms with Gasteiger partial charge in [-0.2, -0.15) is 0 Å². The molecule has 110 valence electrons. The Kier molecular flexibility index (Phi) is 5.79. The SMILES string of the molecule is CC(C)(C)OC(=O)CCNC(=O)[C@H]1CCC[C@H](N)C1. The lowest BCUT2D eigenvalue weighted by molar-refractivity contribution is -0.154. The fourth-order valence-electron chi connectivity index (χ4n) is 2.29. The molecular weight excluding hydrogens is 244 g/mol. The highest BCUT2D eigenvalue weighted by Gasteiger charge is 2.25. The second kappa shape index (κ2) is 6.89. The van der Waals surface area contributed by atoms with Crippen LogP contribution in [0.2, 0.25) is 0 Å². The smallest absolute Gasteiger partial charge is 0.308 e. The van der Waals surface area contributed by atoms with Crippen LogP contribution in [0.4, 0.5) is 0 Å². The lowest BCUT2D eigenvalue weighted by atomic mass is 9.85. The summed E-state index contributed by atoms with van der Waals surface area (Å²) in [7, 11) is 0. The minimum atomic E-state index is -0.475. The topological polar surface area (TPSA) is 81.4 Å². The van der Waals surface area contributed by atoms with Crippen LogP contribution in [0.25, 0.3) is 0 Å². The molecule has 3 N–H and O–H groups in total. The Hall–Kier alpha value is -1.10. The number of ether oxygens (including phenoxy) is 1. The van der Waals surface area contributed by atoms with Gasteiger partial charge in [0.1, 0.15) is 5.60 Å². The molecule has 1 aliphatic rings. The van der Waals surface area contributed by atoms with E-state index in [0.717, 1.165) is 25.7 Å². The molecule has 5 heteroatoms. The fourth-order valence-corrected chi connectivity index (χ4v) is 2.29. The lowest BCUT2D eigenvalue weighted by Gasteiger charge is -2.25. The summed E-state index contributed by atoms with van der Waals surface area (Å²) >= 11 is 0. The van der Waals surface area contributed by atoms with Crippen molar-refractivity contribution >= 4 is 11.9 Å². The highest BCUT2D eigenvalue weighted by Crippen LogP contribution is 2.23. The predicted octanol–water partition coefficient (Wildman–Crippen LogP) is 1.35. The van der Waals surface area contributed by atoms with Crippen molar-refractivity contribution in [2.75, 3.05) is 6.54 Å². The molecule has 1 rings (SSSR count). The zero-order valence-corrected chi connectivity index (χ0v) is 12.2. The standard InChI is InChI=1S/C14H26N2O3/c1-14(2,3)19-12(17)7-8-16-13(18)10-5-4-6-11(15)9-10/h10-11H,4-9,15H2,1-3H3,(H,16,18)/t10-,11-/m0/s1. The first-order valence-electron chi connectivity index (χ1n) is 7.03. The van der Waals surface area contributed by atoms with Crippen molar-refractivity contribution in [3.05, 3.63) is 0 Å². The number of esters is 1. The molecule has 1 fully saturated rings. The van der Waals surface area contributed by atoms with Crippen molar-refractivity contribution in [2.24, 2.45) is 11.7 Å². The van der Waals surface area contributed by atoms with Gasteiger partial charge < -0.3 is 15.8 Å². The molecule has 1 amide bonds. The summed E-state index contributed by atoms with van der Waals surface area (Å²) in [5, 5.41) is 2.79. The molecule has 0 unspecified atom stereocenters. The summed E-state index contributed by atoms with van der Waals surface area (Å²) < 4.78 is 5.17. The van der Waals surface area contributed by atoms with Crippen molar-refractivity contribution in [1.82, 2.24) is 5.32 Å². The summed E-state index contributed by atoms with van der Waals surface area (Å²) in [5.41, 5.74) is 5.38. The molecule has 0 aliphatic heterocycles. The van der Waals surface area contributed by atoms with Crippen molar-refractivity contribution < 1.29 is 14.3 Å². The van der Waals surface area contributed by atoms with Gasteiger partial charge in [-0.05, 0) is 40.0 Å². The fraction of sp³-hybridized carbons (Fsp3) is 0.857. The van der Waals surface area contributed by atoms with Crippen LogP contribution in [0.5, 0.6) is 0 Å². The number of hydrogen-bond acceptors (Lipinski definition) is 4. The van der Waals surface area contributed by atoms with Crippen LogP contribution in [-0.4, -0.2) is 30.1 Å². The van der Waals surface area contributed by atoms with Gasteiger partial charge in [0.25, 0.3) is 0 Å². The number of carbonyl (C=O) groups is 2. The van der Waals surface area contributed by atoms with E-state index >= 15 is 0 Å². The van der Waals surface area contributed by atoms with E-state index in [1.807, 2.05) is 20.8 Å². The lowest BCUT2D eigenvalue weighted by Crippen LogP contribution is -2.38. The Morgan fingerprint density at radius 1 is 1.32 bits per heavy atom. The van der Waals surface area contributed by atoms with E-state index in [0.29, 0.717) is 6.54 Å². The molecule has 0 bridgehead atoms. The maximum atomic E-state index is 11.9. The highest BCUT2D eigenvalue weighted by atomic mass is 16.6. The van der Waals surface area contributed by atoms with Crippen LogP contribution in [0.1, 0.15) is 52.9 Å². The molecule has 0 radical (unpaired) electrons. The molecule has 0 aromatic rings. The monoisotopic (exact) mass is 270 g/mol. The number of carbonyl (C=O) groups excluding carboxylic acids is 2. The Morgan fingerprint density at radius 2 is 2.00 bits per heavy atom. The van der Waals surface area contributed by atoms with Gasteiger partial charge in [0, 0.05) is 18.5 Å². The zero-order chi connectivity index (χ0) is 14.5. The molecule has 0 aromatic carbocycles. The summed E-state index contributed by atoms with van der Waals surface area (Å²) in [4.78, 5) is 23.4. The number of nitrogens with one attached hydrogen (secondary N) is 1. The zero-order valence-electron chi connectivity index (χ0n) is 12.2. The first-order valence-corrected chi connectivity index (χ1v) is 7.03. The van der Waals surface area contributed by atoms with Gasteiger partial charge in [0.2, 0.25) is 5.91 Å². The molecule has 1 aliphatic carbocycles.